The molecule has 1 heterocycles. The van der Waals surface area contributed by atoms with Crippen molar-refractivity contribution < 1.29 is 4.79 Å². The molecule has 6 heteroatoms. The molecule has 0 spiro atoms. The van der Waals surface area contributed by atoms with Gasteiger partial charge in [-0.05, 0) is 31.1 Å². The summed E-state index contributed by atoms with van der Waals surface area (Å²) in [6, 6.07) is 17.4. The van der Waals surface area contributed by atoms with Gasteiger partial charge in [0.15, 0.2) is 0 Å². The van der Waals surface area contributed by atoms with Gasteiger partial charge in [-0.3, -0.25) is 10.1 Å². The van der Waals surface area contributed by atoms with Crippen LogP contribution in [0.25, 0.3) is 16.6 Å². The Morgan fingerprint density at radius 3 is 2.54 bits per heavy atom. The zero-order valence-electron chi connectivity index (χ0n) is 14.4. The number of nitrogens with zero attached hydrogens (tertiary/aromatic N) is 3. The lowest BCUT2D eigenvalue weighted by molar-refractivity contribution is -0.112. The molecule has 0 fully saturated rings. The highest BCUT2D eigenvalue weighted by Crippen LogP contribution is 2.28. The van der Waals surface area contributed by atoms with E-state index in [2.05, 4.69) is 15.5 Å². The van der Waals surface area contributed by atoms with E-state index in [4.69, 9.17) is 0 Å². The third-order valence-corrected chi connectivity index (χ3v) is 4.65. The average Bonchev–Trinajstić information content (AvgIpc) is 3.09. The molecular formula is C20H16N4OS. The van der Waals surface area contributed by atoms with Gasteiger partial charge in [-0.1, -0.05) is 65.4 Å². The lowest BCUT2D eigenvalue weighted by Crippen LogP contribution is -2.13. The normalized spacial score (nSPS) is 11.0. The predicted octanol–water partition coefficient (Wildman–Crippen LogP) is 4.37. The van der Waals surface area contributed by atoms with E-state index in [-0.39, 0.29) is 5.57 Å². The summed E-state index contributed by atoms with van der Waals surface area (Å²) in [6.45, 7) is 3.97. The molecule has 2 aromatic carbocycles. The van der Waals surface area contributed by atoms with Crippen LogP contribution in [0.5, 0.6) is 0 Å². The Morgan fingerprint density at radius 2 is 1.85 bits per heavy atom. The maximum Gasteiger partial charge on any atom is 0.268 e. The molecule has 0 saturated heterocycles. The number of aryl methyl sites for hydroxylation is 2. The Labute approximate surface area is 155 Å². The first-order valence-electron chi connectivity index (χ1n) is 7.96. The number of carbonyl (C=O) groups excluding carboxylic acids is 1. The summed E-state index contributed by atoms with van der Waals surface area (Å²) < 4.78 is 0. The molecule has 0 aliphatic carbocycles. The zero-order valence-corrected chi connectivity index (χ0v) is 15.2. The third-order valence-electron chi connectivity index (χ3n) is 3.77. The van der Waals surface area contributed by atoms with Gasteiger partial charge in [0.2, 0.25) is 5.13 Å². The molecule has 1 N–H and O–H groups in total. The lowest BCUT2D eigenvalue weighted by Gasteiger charge is -2.01. The summed E-state index contributed by atoms with van der Waals surface area (Å²) >= 11 is 1.27. The van der Waals surface area contributed by atoms with Gasteiger partial charge in [0.05, 0.1) is 0 Å². The third kappa shape index (κ3) is 4.02. The zero-order chi connectivity index (χ0) is 18.5. The Kier molecular flexibility index (Phi) is 5.20. The summed E-state index contributed by atoms with van der Waals surface area (Å²) in [6.07, 6.45) is 1.55. The molecule has 5 nitrogen and oxygen atoms in total. The van der Waals surface area contributed by atoms with Crippen LogP contribution < -0.4 is 5.32 Å². The van der Waals surface area contributed by atoms with Crippen LogP contribution in [0.4, 0.5) is 5.13 Å². The highest BCUT2D eigenvalue weighted by molar-refractivity contribution is 7.18. The molecule has 3 rings (SSSR count). The SMILES string of the molecule is Cc1ccc(/C=C(/C#N)C(=O)Nc2nnc(-c3ccccc3C)s2)cc1. The first-order chi connectivity index (χ1) is 12.6. The number of hydrogen-bond donors (Lipinski definition) is 1. The monoisotopic (exact) mass is 360 g/mol. The van der Waals surface area contributed by atoms with Crippen LogP contribution >= 0.6 is 11.3 Å². The second-order valence-electron chi connectivity index (χ2n) is 5.76. The minimum atomic E-state index is -0.499. The molecule has 0 unspecified atom stereocenters. The molecule has 1 aromatic heterocycles. The summed E-state index contributed by atoms with van der Waals surface area (Å²) in [5.41, 5.74) is 3.98. The van der Waals surface area contributed by atoms with Gasteiger partial charge >= 0.3 is 0 Å². The topological polar surface area (TPSA) is 78.7 Å². The van der Waals surface area contributed by atoms with Crippen molar-refractivity contribution in [3.63, 3.8) is 0 Å². The minimum absolute atomic E-state index is 0.0153. The molecule has 26 heavy (non-hydrogen) atoms. The molecule has 0 saturated carbocycles. The first kappa shape index (κ1) is 17.5. The van der Waals surface area contributed by atoms with Crippen LogP contribution in [-0.4, -0.2) is 16.1 Å². The van der Waals surface area contributed by atoms with Gasteiger partial charge < -0.3 is 0 Å². The van der Waals surface area contributed by atoms with E-state index < -0.39 is 5.91 Å². The van der Waals surface area contributed by atoms with E-state index in [1.54, 1.807) is 6.08 Å². The summed E-state index contributed by atoms with van der Waals surface area (Å²) in [5.74, 6) is -0.499. The van der Waals surface area contributed by atoms with Crippen molar-refractivity contribution >= 4 is 28.5 Å². The summed E-state index contributed by atoms with van der Waals surface area (Å²) in [4.78, 5) is 12.4. The van der Waals surface area contributed by atoms with Gasteiger partial charge in [0.25, 0.3) is 5.91 Å². The fourth-order valence-electron chi connectivity index (χ4n) is 2.34. The predicted molar refractivity (Wildman–Crippen MR) is 103 cm³/mol. The molecule has 0 aliphatic heterocycles. The van der Waals surface area contributed by atoms with Crippen molar-refractivity contribution in [2.75, 3.05) is 5.32 Å². The van der Waals surface area contributed by atoms with Crippen LogP contribution in [-0.2, 0) is 4.79 Å². The number of anilines is 1. The van der Waals surface area contributed by atoms with E-state index in [1.807, 2.05) is 68.4 Å². The van der Waals surface area contributed by atoms with Crippen molar-refractivity contribution in [1.29, 1.82) is 5.26 Å². The van der Waals surface area contributed by atoms with Crippen molar-refractivity contribution in [3.8, 4) is 16.6 Å². The van der Waals surface area contributed by atoms with E-state index in [1.165, 1.54) is 11.3 Å². The van der Waals surface area contributed by atoms with Gasteiger partial charge in [0.1, 0.15) is 16.6 Å². The van der Waals surface area contributed by atoms with Crippen molar-refractivity contribution in [1.82, 2.24) is 10.2 Å². The maximum atomic E-state index is 12.4. The van der Waals surface area contributed by atoms with Crippen LogP contribution in [0, 0.1) is 25.2 Å². The Balaban J connectivity index is 1.78. The van der Waals surface area contributed by atoms with Crippen LogP contribution in [0.3, 0.4) is 0 Å². The molecule has 3 aromatic rings. The lowest BCUT2D eigenvalue weighted by atomic mass is 10.1. The van der Waals surface area contributed by atoms with E-state index in [0.717, 1.165) is 27.3 Å². The quantitative estimate of drug-likeness (QED) is 0.553. The smallest absolute Gasteiger partial charge is 0.268 e. The molecule has 0 radical (unpaired) electrons. The number of benzene rings is 2. The van der Waals surface area contributed by atoms with Crippen molar-refractivity contribution in [2.24, 2.45) is 0 Å². The number of amides is 1. The second-order valence-corrected chi connectivity index (χ2v) is 6.74. The fourth-order valence-corrected chi connectivity index (χ4v) is 3.17. The molecule has 0 bridgehead atoms. The van der Waals surface area contributed by atoms with E-state index >= 15 is 0 Å². The van der Waals surface area contributed by atoms with Gasteiger partial charge in [0, 0.05) is 5.56 Å². The summed E-state index contributed by atoms with van der Waals surface area (Å²) in [5, 5.41) is 21.2. The number of nitrogens with one attached hydrogen (secondary N) is 1. The summed E-state index contributed by atoms with van der Waals surface area (Å²) in [7, 11) is 0. The Morgan fingerprint density at radius 1 is 1.12 bits per heavy atom. The van der Waals surface area contributed by atoms with E-state index in [0.29, 0.717) is 5.13 Å². The molecule has 0 aliphatic rings. The number of hydrogen-bond acceptors (Lipinski definition) is 5. The Bertz CT molecular complexity index is 1010. The Hall–Kier alpha value is -3.30. The average molecular weight is 360 g/mol. The minimum Gasteiger partial charge on any atom is -0.296 e. The fraction of sp³-hybridized carbons (Fsp3) is 0.100. The number of nitriles is 1. The molecular weight excluding hydrogens is 344 g/mol. The van der Waals surface area contributed by atoms with E-state index in [9.17, 15) is 10.1 Å². The van der Waals surface area contributed by atoms with Gasteiger partial charge in [-0.2, -0.15) is 5.26 Å². The number of carbonyl (C=O) groups is 1. The highest BCUT2D eigenvalue weighted by Gasteiger charge is 2.14. The number of rotatable bonds is 4. The maximum absolute atomic E-state index is 12.4. The number of aromatic nitrogens is 2. The second kappa shape index (κ2) is 7.72. The molecule has 128 valence electrons. The molecule has 0 atom stereocenters. The standard InChI is InChI=1S/C20H16N4OS/c1-13-7-9-15(10-8-13)11-16(12-21)18(25)22-20-24-23-19(26-20)17-6-4-3-5-14(17)2/h3-11H,1-2H3,(H,22,24,25)/b16-11-. The van der Waals surface area contributed by atoms with Crippen LogP contribution in [0.1, 0.15) is 16.7 Å². The van der Waals surface area contributed by atoms with Crippen LogP contribution in [0.2, 0.25) is 0 Å². The largest absolute Gasteiger partial charge is 0.296 e. The first-order valence-corrected chi connectivity index (χ1v) is 8.78. The van der Waals surface area contributed by atoms with Crippen LogP contribution in [0.15, 0.2) is 54.1 Å². The molecule has 1 amide bonds. The van der Waals surface area contributed by atoms with Crippen molar-refractivity contribution in [3.05, 3.63) is 70.8 Å². The highest BCUT2D eigenvalue weighted by atomic mass is 32.1. The van der Waals surface area contributed by atoms with Gasteiger partial charge in [-0.25, -0.2) is 0 Å². The van der Waals surface area contributed by atoms with Gasteiger partial charge in [-0.15, -0.1) is 10.2 Å². The van der Waals surface area contributed by atoms with Crippen molar-refractivity contribution in [2.45, 2.75) is 13.8 Å².